The predicted octanol–water partition coefficient (Wildman–Crippen LogP) is 2.49. The van der Waals surface area contributed by atoms with Gasteiger partial charge in [0.15, 0.2) is 0 Å². The highest BCUT2D eigenvalue weighted by Gasteiger charge is 2.01. The van der Waals surface area contributed by atoms with Gasteiger partial charge < -0.3 is 5.73 Å². The number of halogens is 2. The quantitative estimate of drug-likeness (QED) is 0.791. The van der Waals surface area contributed by atoms with Gasteiger partial charge in [0, 0.05) is 6.54 Å². The van der Waals surface area contributed by atoms with Crippen LogP contribution in [0, 0.1) is 12.7 Å². The molecule has 14 heavy (non-hydrogen) atoms. The van der Waals surface area contributed by atoms with Crippen molar-refractivity contribution in [1.29, 1.82) is 0 Å². The molecule has 1 aromatic rings. The Hall–Kier alpha value is -1.22. The van der Waals surface area contributed by atoms with Crippen LogP contribution in [-0.2, 0) is 6.42 Å². The Morgan fingerprint density at radius 2 is 2.21 bits per heavy atom. The monoisotopic (exact) mass is 197 g/mol. The van der Waals surface area contributed by atoms with Crippen LogP contribution in [0.3, 0.4) is 0 Å². The minimum atomic E-state index is -0.266. The maximum absolute atomic E-state index is 13.1. The summed E-state index contributed by atoms with van der Waals surface area (Å²) in [7, 11) is 0. The summed E-state index contributed by atoms with van der Waals surface area (Å²) in [5.74, 6) is -0.266. The van der Waals surface area contributed by atoms with Crippen molar-refractivity contribution in [3.05, 3.63) is 47.0 Å². The molecular formula is C11H13F2N. The van der Waals surface area contributed by atoms with E-state index in [-0.39, 0.29) is 12.4 Å². The molecule has 0 aliphatic carbocycles. The van der Waals surface area contributed by atoms with E-state index in [1.54, 1.807) is 19.1 Å². The SMILES string of the molecule is Cc1ccc(C/C(=C\F)CN)cc1F. The summed E-state index contributed by atoms with van der Waals surface area (Å²) in [6.45, 7) is 1.85. The molecule has 0 radical (unpaired) electrons. The second-order valence-electron chi connectivity index (χ2n) is 3.23. The van der Waals surface area contributed by atoms with Gasteiger partial charge in [0.05, 0.1) is 6.33 Å². The third-order valence-corrected chi connectivity index (χ3v) is 2.08. The summed E-state index contributed by atoms with van der Waals surface area (Å²) in [5, 5.41) is 0. The van der Waals surface area contributed by atoms with Crippen LogP contribution < -0.4 is 5.73 Å². The van der Waals surface area contributed by atoms with Crippen LogP contribution in [0.1, 0.15) is 11.1 Å². The maximum Gasteiger partial charge on any atom is 0.126 e. The Balaban J connectivity index is 2.82. The van der Waals surface area contributed by atoms with Crippen molar-refractivity contribution in [2.75, 3.05) is 6.54 Å². The largest absolute Gasteiger partial charge is 0.327 e. The van der Waals surface area contributed by atoms with Gasteiger partial charge >= 0.3 is 0 Å². The van der Waals surface area contributed by atoms with Gasteiger partial charge in [-0.3, -0.25) is 0 Å². The molecule has 0 aliphatic rings. The molecule has 3 heteroatoms. The lowest BCUT2D eigenvalue weighted by Gasteiger charge is -2.04. The Kier molecular flexibility index (Phi) is 3.77. The first-order chi connectivity index (χ1) is 6.67. The molecule has 1 aromatic carbocycles. The molecule has 0 atom stereocenters. The van der Waals surface area contributed by atoms with E-state index < -0.39 is 0 Å². The van der Waals surface area contributed by atoms with Crippen LogP contribution in [0.2, 0.25) is 0 Å². The second-order valence-corrected chi connectivity index (χ2v) is 3.23. The zero-order valence-corrected chi connectivity index (χ0v) is 8.06. The number of hydrogen-bond acceptors (Lipinski definition) is 1. The predicted molar refractivity (Wildman–Crippen MR) is 53.1 cm³/mol. The van der Waals surface area contributed by atoms with E-state index in [1.807, 2.05) is 0 Å². The number of aryl methyl sites for hydroxylation is 1. The lowest BCUT2D eigenvalue weighted by atomic mass is 10.0. The van der Waals surface area contributed by atoms with Crippen LogP contribution >= 0.6 is 0 Å². The van der Waals surface area contributed by atoms with Gasteiger partial charge in [-0.1, -0.05) is 12.1 Å². The maximum atomic E-state index is 13.1. The molecule has 0 unspecified atom stereocenters. The Labute approximate surface area is 82.2 Å². The molecule has 0 bridgehead atoms. The second kappa shape index (κ2) is 4.86. The van der Waals surface area contributed by atoms with Gasteiger partial charge in [0.25, 0.3) is 0 Å². The Morgan fingerprint density at radius 3 is 2.71 bits per heavy atom. The van der Waals surface area contributed by atoms with Crippen molar-refractivity contribution in [2.45, 2.75) is 13.3 Å². The van der Waals surface area contributed by atoms with Crippen LogP contribution in [0.5, 0.6) is 0 Å². The topological polar surface area (TPSA) is 26.0 Å². The molecule has 0 saturated heterocycles. The third-order valence-electron chi connectivity index (χ3n) is 2.08. The molecule has 76 valence electrons. The standard InChI is InChI=1S/C11H13F2N/c1-8-2-3-9(5-11(8)13)4-10(6-12)7-14/h2-3,5-6H,4,7,14H2,1H3/b10-6+. The summed E-state index contributed by atoms with van der Waals surface area (Å²) in [6, 6.07) is 4.86. The van der Waals surface area contributed by atoms with E-state index in [1.165, 1.54) is 6.07 Å². The van der Waals surface area contributed by atoms with Gasteiger partial charge in [-0.05, 0) is 36.1 Å². The number of rotatable bonds is 3. The fraction of sp³-hybridized carbons (Fsp3) is 0.273. The fourth-order valence-electron chi connectivity index (χ4n) is 1.16. The Bertz CT molecular complexity index is 345. The zero-order valence-electron chi connectivity index (χ0n) is 8.06. The van der Waals surface area contributed by atoms with Crippen LogP contribution in [0.25, 0.3) is 0 Å². The first kappa shape index (κ1) is 10.9. The van der Waals surface area contributed by atoms with Gasteiger partial charge in [-0.2, -0.15) is 0 Å². The molecule has 1 nitrogen and oxygen atoms in total. The van der Waals surface area contributed by atoms with Crippen LogP contribution in [0.4, 0.5) is 8.78 Å². The first-order valence-corrected chi connectivity index (χ1v) is 4.40. The van der Waals surface area contributed by atoms with Crippen molar-refractivity contribution in [1.82, 2.24) is 0 Å². The molecule has 0 amide bonds. The van der Waals surface area contributed by atoms with E-state index in [2.05, 4.69) is 0 Å². The average Bonchev–Trinajstić information content (AvgIpc) is 2.19. The summed E-state index contributed by atoms with van der Waals surface area (Å²) >= 11 is 0. The molecular weight excluding hydrogens is 184 g/mol. The van der Waals surface area contributed by atoms with Crippen molar-refractivity contribution in [2.24, 2.45) is 5.73 Å². The van der Waals surface area contributed by atoms with E-state index in [0.717, 1.165) is 5.56 Å². The first-order valence-electron chi connectivity index (χ1n) is 4.40. The molecule has 0 aliphatic heterocycles. The lowest BCUT2D eigenvalue weighted by molar-refractivity contribution is 0.616. The van der Waals surface area contributed by atoms with Crippen molar-refractivity contribution >= 4 is 0 Å². The van der Waals surface area contributed by atoms with E-state index in [0.29, 0.717) is 23.9 Å². The Morgan fingerprint density at radius 1 is 1.50 bits per heavy atom. The fourth-order valence-corrected chi connectivity index (χ4v) is 1.16. The molecule has 0 fully saturated rings. The molecule has 0 spiro atoms. The third kappa shape index (κ3) is 2.64. The highest BCUT2D eigenvalue weighted by Crippen LogP contribution is 2.12. The van der Waals surface area contributed by atoms with Crippen molar-refractivity contribution < 1.29 is 8.78 Å². The molecule has 0 heterocycles. The summed E-state index contributed by atoms with van der Waals surface area (Å²) in [6.07, 6.45) is 0.849. The summed E-state index contributed by atoms with van der Waals surface area (Å²) < 4.78 is 25.3. The minimum absolute atomic E-state index is 0.159. The van der Waals surface area contributed by atoms with Gasteiger partial charge in [-0.25, -0.2) is 8.78 Å². The van der Waals surface area contributed by atoms with Gasteiger partial charge in [0.2, 0.25) is 0 Å². The molecule has 2 N–H and O–H groups in total. The van der Waals surface area contributed by atoms with Crippen LogP contribution in [-0.4, -0.2) is 6.54 Å². The summed E-state index contributed by atoms with van der Waals surface area (Å²) in [4.78, 5) is 0. The minimum Gasteiger partial charge on any atom is -0.327 e. The van der Waals surface area contributed by atoms with Crippen LogP contribution in [0.15, 0.2) is 30.1 Å². The number of hydrogen-bond donors (Lipinski definition) is 1. The van der Waals surface area contributed by atoms with Crippen molar-refractivity contribution in [3.8, 4) is 0 Å². The summed E-state index contributed by atoms with van der Waals surface area (Å²) in [5.41, 5.74) is 7.09. The van der Waals surface area contributed by atoms with E-state index in [4.69, 9.17) is 5.73 Å². The molecule has 1 rings (SSSR count). The van der Waals surface area contributed by atoms with Gasteiger partial charge in [-0.15, -0.1) is 0 Å². The highest BCUT2D eigenvalue weighted by molar-refractivity contribution is 5.27. The lowest BCUT2D eigenvalue weighted by Crippen LogP contribution is -2.05. The van der Waals surface area contributed by atoms with Crippen molar-refractivity contribution in [3.63, 3.8) is 0 Å². The number of nitrogens with two attached hydrogens (primary N) is 1. The molecule has 0 aromatic heterocycles. The number of benzene rings is 1. The average molecular weight is 197 g/mol. The van der Waals surface area contributed by atoms with Gasteiger partial charge in [0.1, 0.15) is 5.82 Å². The smallest absolute Gasteiger partial charge is 0.126 e. The van der Waals surface area contributed by atoms with E-state index >= 15 is 0 Å². The molecule has 0 saturated carbocycles. The normalized spacial score (nSPS) is 11.9. The highest BCUT2D eigenvalue weighted by atomic mass is 19.1. The van der Waals surface area contributed by atoms with E-state index in [9.17, 15) is 8.78 Å². The zero-order chi connectivity index (χ0) is 10.6.